The van der Waals surface area contributed by atoms with E-state index in [4.69, 9.17) is 0 Å². The first kappa shape index (κ1) is 22.4. The summed E-state index contributed by atoms with van der Waals surface area (Å²) in [6.07, 6.45) is 5.69. The molecule has 2 aliphatic heterocycles. The lowest BCUT2D eigenvalue weighted by Gasteiger charge is -2.40. The van der Waals surface area contributed by atoms with Gasteiger partial charge in [-0.15, -0.1) is 0 Å². The Morgan fingerprint density at radius 1 is 1.09 bits per heavy atom. The summed E-state index contributed by atoms with van der Waals surface area (Å²) in [5.74, 6) is 0.756. The lowest BCUT2D eigenvalue weighted by Crippen LogP contribution is -2.65. The topological polar surface area (TPSA) is 120 Å². The molecule has 1 fully saturated rings. The molecule has 4 heterocycles. The molecule has 0 bridgehead atoms. The lowest BCUT2D eigenvalue weighted by atomic mass is 10.1. The van der Waals surface area contributed by atoms with E-state index in [2.05, 4.69) is 25.6 Å². The van der Waals surface area contributed by atoms with E-state index >= 15 is 0 Å². The minimum atomic E-state index is -0.605. The van der Waals surface area contributed by atoms with Crippen molar-refractivity contribution in [3.8, 4) is 0 Å². The first-order chi connectivity index (χ1) is 16.0. The monoisotopic (exact) mass is 449 g/mol. The summed E-state index contributed by atoms with van der Waals surface area (Å²) in [6.45, 7) is 4.95. The van der Waals surface area contributed by atoms with E-state index in [0.29, 0.717) is 42.3 Å². The Kier molecular flexibility index (Phi) is 6.62. The summed E-state index contributed by atoms with van der Waals surface area (Å²) in [5, 5.41) is 6.20. The van der Waals surface area contributed by atoms with Crippen molar-refractivity contribution in [3.63, 3.8) is 0 Å². The highest BCUT2D eigenvalue weighted by molar-refractivity contribution is 6.08. The molecule has 172 valence electrons. The molecule has 2 N–H and O–H groups in total. The minimum Gasteiger partial charge on any atom is -0.363 e. The first-order valence-corrected chi connectivity index (χ1v) is 11.1. The van der Waals surface area contributed by atoms with Crippen molar-refractivity contribution in [1.29, 1.82) is 0 Å². The van der Waals surface area contributed by atoms with Crippen LogP contribution in [0.4, 0.5) is 10.6 Å². The molecular weight excluding hydrogens is 422 g/mol. The van der Waals surface area contributed by atoms with E-state index in [1.165, 1.54) is 4.90 Å². The van der Waals surface area contributed by atoms with Gasteiger partial charge in [-0.1, -0.05) is 13.8 Å². The summed E-state index contributed by atoms with van der Waals surface area (Å²) < 4.78 is 0. The van der Waals surface area contributed by atoms with Crippen LogP contribution >= 0.6 is 0 Å². The molecule has 2 unspecified atom stereocenters. The van der Waals surface area contributed by atoms with Gasteiger partial charge < -0.3 is 10.6 Å². The molecule has 0 aromatic carbocycles. The molecule has 1 saturated heterocycles. The van der Waals surface area contributed by atoms with E-state index in [1.807, 2.05) is 19.9 Å². The van der Waals surface area contributed by atoms with Crippen LogP contribution in [0.2, 0.25) is 0 Å². The Bertz CT molecular complexity index is 1060. The number of nitrogens with zero attached hydrogens (tertiary/aromatic N) is 5. The Morgan fingerprint density at radius 2 is 1.85 bits per heavy atom. The van der Waals surface area contributed by atoms with Gasteiger partial charge in [-0.3, -0.25) is 24.4 Å². The van der Waals surface area contributed by atoms with Crippen molar-refractivity contribution < 1.29 is 14.4 Å². The van der Waals surface area contributed by atoms with E-state index in [0.717, 1.165) is 6.42 Å². The zero-order valence-electron chi connectivity index (χ0n) is 18.7. The number of anilines is 1. The number of hydrogen-bond donors (Lipinski definition) is 2. The molecule has 10 heteroatoms. The molecule has 2 aromatic rings. The van der Waals surface area contributed by atoms with Crippen LogP contribution in [0.3, 0.4) is 0 Å². The number of pyridine rings is 2. The Hall–Kier alpha value is -3.82. The predicted octanol–water partition coefficient (Wildman–Crippen LogP) is 1.90. The number of urea groups is 1. The third kappa shape index (κ3) is 4.55. The molecule has 4 rings (SSSR count). The maximum atomic E-state index is 12.9. The number of aromatic nitrogens is 2. The quantitative estimate of drug-likeness (QED) is 0.561. The Balaban J connectivity index is 1.46. The molecule has 0 aliphatic carbocycles. The third-order valence-electron chi connectivity index (χ3n) is 5.56. The molecular formula is C23H27N7O3. The molecule has 2 aliphatic rings. The number of ketones is 1. The summed E-state index contributed by atoms with van der Waals surface area (Å²) in [6, 6.07) is 6.01. The maximum Gasteiger partial charge on any atom is 0.328 e. The molecule has 0 spiro atoms. The van der Waals surface area contributed by atoms with Crippen LogP contribution in [0.5, 0.6) is 0 Å². The zero-order chi connectivity index (χ0) is 23.4. The number of hydrogen-bond acceptors (Lipinski definition) is 8. The number of amidine groups is 1. The Labute approximate surface area is 192 Å². The highest BCUT2D eigenvalue weighted by atomic mass is 16.2. The number of imide groups is 1. The number of amides is 3. The van der Waals surface area contributed by atoms with Crippen LogP contribution in [0, 0.1) is 0 Å². The summed E-state index contributed by atoms with van der Waals surface area (Å²) in [4.78, 5) is 53.9. The maximum absolute atomic E-state index is 12.9. The molecule has 2 aromatic heterocycles. The minimum absolute atomic E-state index is 0.0648. The van der Waals surface area contributed by atoms with Gasteiger partial charge in [0.2, 0.25) is 0 Å². The third-order valence-corrected chi connectivity index (χ3v) is 5.56. The van der Waals surface area contributed by atoms with Gasteiger partial charge in [0.05, 0.1) is 6.54 Å². The number of fused-ring (bicyclic) bond motifs is 1. The van der Waals surface area contributed by atoms with Crippen molar-refractivity contribution in [3.05, 3.63) is 54.0 Å². The SMILES string of the molecule is CCCN1C(=O)C2NC(c3ccc(NCC(=O)c4ccncc4)nc3)=NC2N(CCC)C1=O. The number of carbonyl (C=O) groups is 3. The van der Waals surface area contributed by atoms with Crippen molar-refractivity contribution in [2.75, 3.05) is 25.0 Å². The van der Waals surface area contributed by atoms with Crippen molar-refractivity contribution in [2.45, 2.75) is 38.9 Å². The molecule has 2 atom stereocenters. The summed E-state index contributed by atoms with van der Waals surface area (Å²) >= 11 is 0. The fourth-order valence-corrected chi connectivity index (χ4v) is 3.94. The zero-order valence-corrected chi connectivity index (χ0v) is 18.7. The van der Waals surface area contributed by atoms with Crippen LogP contribution in [-0.2, 0) is 4.79 Å². The van der Waals surface area contributed by atoms with Crippen LogP contribution in [0.25, 0.3) is 0 Å². The molecule has 10 nitrogen and oxygen atoms in total. The van der Waals surface area contributed by atoms with E-state index in [9.17, 15) is 14.4 Å². The summed E-state index contributed by atoms with van der Waals surface area (Å²) in [7, 11) is 0. The van der Waals surface area contributed by atoms with Crippen LogP contribution in [0.15, 0.2) is 47.8 Å². The number of rotatable bonds is 9. The van der Waals surface area contributed by atoms with E-state index < -0.39 is 12.2 Å². The second-order valence-electron chi connectivity index (χ2n) is 7.92. The van der Waals surface area contributed by atoms with Gasteiger partial charge >= 0.3 is 6.03 Å². The van der Waals surface area contributed by atoms with Gasteiger partial charge in [0.15, 0.2) is 11.9 Å². The molecule has 33 heavy (non-hydrogen) atoms. The van der Waals surface area contributed by atoms with Gasteiger partial charge in [0, 0.05) is 42.8 Å². The highest BCUT2D eigenvalue weighted by Crippen LogP contribution is 2.25. The first-order valence-electron chi connectivity index (χ1n) is 11.1. The van der Waals surface area contributed by atoms with Gasteiger partial charge in [-0.05, 0) is 37.1 Å². The number of carbonyl (C=O) groups excluding carboxylic acids is 3. The van der Waals surface area contributed by atoms with Gasteiger partial charge in [-0.2, -0.15) is 0 Å². The largest absolute Gasteiger partial charge is 0.363 e. The number of nitrogens with one attached hydrogen (secondary N) is 2. The van der Waals surface area contributed by atoms with Gasteiger partial charge in [0.25, 0.3) is 5.91 Å². The highest BCUT2D eigenvalue weighted by Gasteiger charge is 2.49. The second-order valence-corrected chi connectivity index (χ2v) is 7.92. The second kappa shape index (κ2) is 9.76. The molecule has 3 amide bonds. The van der Waals surface area contributed by atoms with Crippen molar-refractivity contribution >= 4 is 29.4 Å². The number of Topliss-reactive ketones (excluding diaryl/α,β-unsaturated/α-hetero) is 1. The van der Waals surface area contributed by atoms with Crippen LogP contribution < -0.4 is 10.6 Å². The van der Waals surface area contributed by atoms with Crippen molar-refractivity contribution in [1.82, 2.24) is 25.1 Å². The molecule has 0 radical (unpaired) electrons. The molecule has 0 saturated carbocycles. The normalized spacial score (nSPS) is 19.8. The fraction of sp³-hybridized carbons (Fsp3) is 0.391. The smallest absolute Gasteiger partial charge is 0.328 e. The van der Waals surface area contributed by atoms with Crippen molar-refractivity contribution in [2.24, 2.45) is 4.99 Å². The van der Waals surface area contributed by atoms with Crippen LogP contribution in [-0.4, -0.2) is 75.2 Å². The average Bonchev–Trinajstić information content (AvgIpc) is 3.29. The summed E-state index contributed by atoms with van der Waals surface area (Å²) in [5.41, 5.74) is 1.28. The van der Waals surface area contributed by atoms with Crippen LogP contribution in [0.1, 0.15) is 42.6 Å². The Morgan fingerprint density at radius 3 is 2.52 bits per heavy atom. The van der Waals surface area contributed by atoms with Gasteiger partial charge in [0.1, 0.15) is 17.7 Å². The average molecular weight is 450 g/mol. The standard InChI is InChI=1S/C23H27N7O3/c1-3-11-29-21-19(22(32)30(12-4-2)23(29)33)27-20(28-21)16-5-6-18(25-13-16)26-14-17(31)15-7-9-24-10-8-15/h5-10,13,19,21H,3-4,11-12,14H2,1-2H3,(H,25,26)(H,27,28). The lowest BCUT2D eigenvalue weighted by molar-refractivity contribution is -0.134. The predicted molar refractivity (Wildman–Crippen MR) is 123 cm³/mol. The van der Waals surface area contributed by atoms with E-state index in [-0.39, 0.29) is 24.3 Å². The number of aliphatic imine (C=N–C) groups is 1. The van der Waals surface area contributed by atoms with E-state index in [1.54, 1.807) is 41.7 Å². The fourth-order valence-electron chi connectivity index (χ4n) is 3.94. The van der Waals surface area contributed by atoms with Gasteiger partial charge in [-0.25, -0.2) is 14.8 Å².